The summed E-state index contributed by atoms with van der Waals surface area (Å²) in [6.07, 6.45) is 0.163. The van der Waals surface area contributed by atoms with Crippen molar-refractivity contribution in [2.24, 2.45) is 5.10 Å². The molecule has 1 amide bonds. The fourth-order valence-corrected chi connectivity index (χ4v) is 4.11. The highest BCUT2D eigenvalue weighted by Crippen LogP contribution is 2.31. The molecule has 1 N–H and O–H groups in total. The highest BCUT2D eigenvalue weighted by atomic mass is 32.1. The van der Waals surface area contributed by atoms with E-state index < -0.39 is 0 Å². The van der Waals surface area contributed by atoms with Gasteiger partial charge in [0.2, 0.25) is 5.91 Å². The number of ether oxygens (including phenoxy) is 2. The largest absolute Gasteiger partial charge is 0.486 e. The number of fused-ring (bicyclic) bond motifs is 2. The molecule has 0 atom stereocenters. The Balaban J connectivity index is 1.34. The lowest BCUT2D eigenvalue weighted by Crippen LogP contribution is -2.20. The molecule has 29 heavy (non-hydrogen) atoms. The van der Waals surface area contributed by atoms with Gasteiger partial charge in [0.15, 0.2) is 17.3 Å². The summed E-state index contributed by atoms with van der Waals surface area (Å²) in [5.41, 5.74) is 4.78. The second-order valence-electron chi connectivity index (χ2n) is 6.66. The zero-order valence-corrected chi connectivity index (χ0v) is 16.8. The van der Waals surface area contributed by atoms with Crippen LogP contribution in [0.15, 0.2) is 52.9 Å². The zero-order chi connectivity index (χ0) is 20.2. The second kappa shape index (κ2) is 8.45. The molecule has 2 heterocycles. The summed E-state index contributed by atoms with van der Waals surface area (Å²) >= 11 is 1.64. The van der Waals surface area contributed by atoms with E-state index in [1.807, 2.05) is 30.5 Å². The number of benzene rings is 2. The molecule has 0 unspecified atom stereocenters. The molecule has 4 rings (SSSR count). The van der Waals surface area contributed by atoms with Crippen LogP contribution >= 0.6 is 11.3 Å². The number of Topliss-reactive ketones (excluding diaryl/α,β-unsaturated/α-hetero) is 1. The fourth-order valence-electron chi connectivity index (χ4n) is 3.11. The topological polar surface area (TPSA) is 77.0 Å². The van der Waals surface area contributed by atoms with Gasteiger partial charge < -0.3 is 9.47 Å². The molecular weight excluding hydrogens is 388 g/mol. The van der Waals surface area contributed by atoms with Crippen molar-refractivity contribution in [1.29, 1.82) is 0 Å². The van der Waals surface area contributed by atoms with Crippen LogP contribution in [0.4, 0.5) is 0 Å². The van der Waals surface area contributed by atoms with E-state index in [9.17, 15) is 9.59 Å². The standard InChI is InChI=1S/C22H20N2O4S/c1-14(17-13-29-21-5-3-2-4-16(17)21)23-24-22(26)9-7-18(25)15-6-8-19-20(12-15)28-11-10-27-19/h2-6,8,12-13H,7,9-11H2,1H3,(H,24,26)/b23-14+. The summed E-state index contributed by atoms with van der Waals surface area (Å²) in [6, 6.07) is 13.1. The van der Waals surface area contributed by atoms with Gasteiger partial charge in [-0.15, -0.1) is 11.3 Å². The van der Waals surface area contributed by atoms with Gasteiger partial charge in [-0.1, -0.05) is 18.2 Å². The summed E-state index contributed by atoms with van der Waals surface area (Å²) in [6.45, 7) is 2.82. The molecule has 0 aliphatic carbocycles. The van der Waals surface area contributed by atoms with Crippen molar-refractivity contribution in [3.63, 3.8) is 0 Å². The summed E-state index contributed by atoms with van der Waals surface area (Å²) in [7, 11) is 0. The Bertz CT molecular complexity index is 1100. The van der Waals surface area contributed by atoms with E-state index in [1.165, 1.54) is 4.70 Å². The van der Waals surface area contributed by atoms with Crippen LogP contribution in [0.5, 0.6) is 11.5 Å². The van der Waals surface area contributed by atoms with Gasteiger partial charge in [-0.3, -0.25) is 9.59 Å². The molecule has 1 aliphatic heterocycles. The first-order chi connectivity index (χ1) is 14.1. The molecule has 0 spiro atoms. The Morgan fingerprint density at radius 3 is 2.72 bits per heavy atom. The van der Waals surface area contributed by atoms with Gasteiger partial charge >= 0.3 is 0 Å². The van der Waals surface area contributed by atoms with Gasteiger partial charge in [-0.2, -0.15) is 5.10 Å². The number of hydrogen-bond donors (Lipinski definition) is 1. The Hall–Kier alpha value is -3.19. The maximum atomic E-state index is 12.4. The SMILES string of the molecule is C/C(=N\NC(=O)CCC(=O)c1ccc2c(c1)OCCO2)c1csc2ccccc12. The Labute approximate surface area is 172 Å². The minimum absolute atomic E-state index is 0.0639. The number of carbonyl (C=O) groups excluding carboxylic acids is 2. The molecule has 2 aromatic carbocycles. The van der Waals surface area contributed by atoms with E-state index in [1.54, 1.807) is 29.5 Å². The molecule has 0 saturated carbocycles. The minimum atomic E-state index is -0.297. The van der Waals surface area contributed by atoms with E-state index in [0.717, 1.165) is 16.7 Å². The predicted octanol–water partition coefficient (Wildman–Crippen LogP) is 4.18. The molecule has 0 radical (unpaired) electrons. The first-order valence-electron chi connectivity index (χ1n) is 9.34. The molecule has 0 fully saturated rings. The molecule has 1 aromatic heterocycles. The lowest BCUT2D eigenvalue weighted by Gasteiger charge is -2.18. The van der Waals surface area contributed by atoms with Gasteiger partial charge in [-0.25, -0.2) is 5.43 Å². The van der Waals surface area contributed by atoms with Gasteiger partial charge in [0.05, 0.1) is 5.71 Å². The molecular formula is C22H20N2O4S. The molecule has 1 aliphatic rings. The zero-order valence-electron chi connectivity index (χ0n) is 15.9. The number of carbonyl (C=O) groups is 2. The first-order valence-corrected chi connectivity index (χ1v) is 10.2. The average molecular weight is 408 g/mol. The quantitative estimate of drug-likeness (QED) is 0.377. The summed E-state index contributed by atoms with van der Waals surface area (Å²) in [5, 5.41) is 7.34. The van der Waals surface area contributed by atoms with Crippen LogP contribution in [0.3, 0.4) is 0 Å². The lowest BCUT2D eigenvalue weighted by molar-refractivity contribution is -0.121. The number of hydrazone groups is 1. The minimum Gasteiger partial charge on any atom is -0.486 e. The molecule has 3 aromatic rings. The molecule has 6 nitrogen and oxygen atoms in total. The van der Waals surface area contributed by atoms with Crippen LogP contribution in [0.2, 0.25) is 0 Å². The maximum Gasteiger partial charge on any atom is 0.240 e. The van der Waals surface area contributed by atoms with Crippen molar-refractivity contribution < 1.29 is 19.1 Å². The van der Waals surface area contributed by atoms with E-state index in [-0.39, 0.29) is 24.5 Å². The van der Waals surface area contributed by atoms with Gasteiger partial charge in [0, 0.05) is 39.4 Å². The van der Waals surface area contributed by atoms with Gasteiger partial charge in [0.1, 0.15) is 13.2 Å². The number of ketones is 1. The number of thiophene rings is 1. The van der Waals surface area contributed by atoms with Crippen molar-refractivity contribution in [2.75, 3.05) is 13.2 Å². The summed E-state index contributed by atoms with van der Waals surface area (Å²) in [4.78, 5) is 24.5. The van der Waals surface area contributed by atoms with Gasteiger partial charge in [0.25, 0.3) is 0 Å². The third-order valence-electron chi connectivity index (χ3n) is 4.66. The highest BCUT2D eigenvalue weighted by molar-refractivity contribution is 7.17. The van der Waals surface area contributed by atoms with Crippen molar-refractivity contribution in [1.82, 2.24) is 5.43 Å². The first kappa shape index (κ1) is 19.1. The van der Waals surface area contributed by atoms with Crippen molar-refractivity contribution in [3.05, 3.63) is 59.0 Å². The summed E-state index contributed by atoms with van der Waals surface area (Å²) in [5.74, 6) is 0.780. The monoisotopic (exact) mass is 408 g/mol. The third-order valence-corrected chi connectivity index (χ3v) is 5.63. The van der Waals surface area contributed by atoms with Crippen molar-refractivity contribution in [2.45, 2.75) is 19.8 Å². The average Bonchev–Trinajstić information content (AvgIpc) is 3.19. The van der Waals surface area contributed by atoms with Crippen LogP contribution in [-0.4, -0.2) is 30.6 Å². The molecule has 7 heteroatoms. The number of amides is 1. The smallest absolute Gasteiger partial charge is 0.240 e. The number of nitrogens with zero attached hydrogens (tertiary/aromatic N) is 1. The predicted molar refractivity (Wildman–Crippen MR) is 113 cm³/mol. The lowest BCUT2D eigenvalue weighted by atomic mass is 10.1. The normalized spacial score (nSPS) is 13.3. The molecule has 148 valence electrons. The second-order valence-corrected chi connectivity index (χ2v) is 7.57. The Morgan fingerprint density at radius 2 is 1.86 bits per heavy atom. The van der Waals surface area contributed by atoms with Crippen LogP contribution in [0.25, 0.3) is 10.1 Å². The van der Waals surface area contributed by atoms with E-state index in [2.05, 4.69) is 16.6 Å². The van der Waals surface area contributed by atoms with Crippen LogP contribution in [-0.2, 0) is 4.79 Å². The van der Waals surface area contributed by atoms with Crippen LogP contribution < -0.4 is 14.9 Å². The van der Waals surface area contributed by atoms with Gasteiger partial charge in [-0.05, 0) is 31.2 Å². The maximum absolute atomic E-state index is 12.4. The highest BCUT2D eigenvalue weighted by Gasteiger charge is 2.16. The number of rotatable bonds is 6. The van der Waals surface area contributed by atoms with E-state index in [4.69, 9.17) is 9.47 Å². The molecule has 0 bridgehead atoms. The third kappa shape index (κ3) is 4.30. The van der Waals surface area contributed by atoms with E-state index >= 15 is 0 Å². The van der Waals surface area contributed by atoms with Crippen LogP contribution in [0.1, 0.15) is 35.7 Å². The Kier molecular flexibility index (Phi) is 5.57. The Morgan fingerprint density at radius 1 is 1.07 bits per heavy atom. The number of hydrogen-bond acceptors (Lipinski definition) is 6. The summed E-state index contributed by atoms with van der Waals surface area (Å²) < 4.78 is 12.1. The van der Waals surface area contributed by atoms with Crippen molar-refractivity contribution >= 4 is 38.8 Å². The fraction of sp³-hybridized carbons (Fsp3) is 0.227. The number of nitrogens with one attached hydrogen (secondary N) is 1. The van der Waals surface area contributed by atoms with Crippen molar-refractivity contribution in [3.8, 4) is 11.5 Å². The van der Waals surface area contributed by atoms with Crippen LogP contribution in [0, 0.1) is 0 Å². The van der Waals surface area contributed by atoms with E-state index in [0.29, 0.717) is 30.3 Å². The molecule has 0 saturated heterocycles.